The molecule has 1 heterocycles. The molecule has 180 valence electrons. The molecule has 0 bridgehead atoms. The van der Waals surface area contributed by atoms with Gasteiger partial charge < -0.3 is 14.2 Å². The highest BCUT2D eigenvalue weighted by molar-refractivity contribution is 5.81. The number of ether oxygens (including phenoxy) is 3. The predicted molar refractivity (Wildman–Crippen MR) is 116 cm³/mol. The molecule has 33 heavy (non-hydrogen) atoms. The highest BCUT2D eigenvalue weighted by Crippen LogP contribution is 2.73. The zero-order valence-corrected chi connectivity index (χ0v) is 20.1. The molecule has 0 amide bonds. The lowest BCUT2D eigenvalue weighted by molar-refractivity contribution is -0.232. The Morgan fingerprint density at radius 3 is 2.45 bits per heavy atom. The second-order valence-corrected chi connectivity index (χ2v) is 11.8. The molecule has 0 aromatic carbocycles. The van der Waals surface area contributed by atoms with Crippen molar-refractivity contribution >= 4 is 17.7 Å². The Kier molecular flexibility index (Phi) is 5.04. The van der Waals surface area contributed by atoms with Gasteiger partial charge in [0.1, 0.15) is 11.4 Å². The van der Waals surface area contributed by atoms with Crippen molar-refractivity contribution in [1.29, 1.82) is 5.26 Å². The van der Waals surface area contributed by atoms with E-state index in [0.717, 1.165) is 19.3 Å². The summed E-state index contributed by atoms with van der Waals surface area (Å²) in [6.45, 7) is 4.38. The maximum Gasteiger partial charge on any atom is 0.309 e. The molecule has 5 rings (SSSR count). The zero-order valence-electron chi connectivity index (χ0n) is 20.1. The van der Waals surface area contributed by atoms with Gasteiger partial charge in [0.25, 0.3) is 0 Å². The minimum Gasteiger partial charge on any atom is -0.469 e. The van der Waals surface area contributed by atoms with Crippen molar-refractivity contribution in [2.75, 3.05) is 14.2 Å². The minimum absolute atomic E-state index is 0.0421. The van der Waals surface area contributed by atoms with Crippen molar-refractivity contribution in [3.63, 3.8) is 0 Å². The average molecular weight is 458 g/mol. The molecule has 0 aromatic rings. The van der Waals surface area contributed by atoms with Crippen LogP contribution in [0.15, 0.2) is 0 Å². The standard InChI is InChI=1S/C26H35NO6/c1-23-8-5-15(28)11-25(23,14-27)12-16(22(30)32-4)20-17-6-9-26(10-7-19(29)33-26)24(17,2)13-18(31-3)21(20)23/h16-18,20-21H,5-13H2,1-4H3/t16?,17?,18?,20?,21?,23-,24+,25?,26?/m1/s1. The van der Waals surface area contributed by atoms with Crippen molar-refractivity contribution in [3.8, 4) is 6.07 Å². The molecule has 9 atom stereocenters. The Hall–Kier alpha value is -1.94. The van der Waals surface area contributed by atoms with Gasteiger partial charge in [0.15, 0.2) is 0 Å². The van der Waals surface area contributed by atoms with Crippen LogP contribution in [0.3, 0.4) is 0 Å². The van der Waals surface area contributed by atoms with Gasteiger partial charge in [0.05, 0.1) is 30.6 Å². The quantitative estimate of drug-likeness (QED) is 0.584. The number of nitriles is 1. The fourth-order valence-corrected chi connectivity index (χ4v) is 9.30. The van der Waals surface area contributed by atoms with Crippen LogP contribution >= 0.6 is 0 Å². The SMILES string of the molecule is COC(=O)C1CC2(C#N)CC(=O)CC[C@]2(C)C2C(OC)C[C@@]3(C)C(CCC34CCC(=O)O4)C12. The Balaban J connectivity index is 1.67. The first-order chi connectivity index (χ1) is 15.6. The van der Waals surface area contributed by atoms with Crippen LogP contribution in [-0.2, 0) is 28.6 Å². The second-order valence-electron chi connectivity index (χ2n) is 11.8. The summed E-state index contributed by atoms with van der Waals surface area (Å²) in [4.78, 5) is 38.0. The molecule has 0 aromatic heterocycles. The third-order valence-corrected chi connectivity index (χ3v) is 11.0. The lowest BCUT2D eigenvalue weighted by atomic mass is 9.37. The summed E-state index contributed by atoms with van der Waals surface area (Å²) in [5.41, 5.74) is -2.15. The normalized spacial score (nSPS) is 50.7. The summed E-state index contributed by atoms with van der Waals surface area (Å²) in [6, 6.07) is 2.55. The monoisotopic (exact) mass is 457 g/mol. The number of rotatable bonds is 2. The molecular formula is C26H35NO6. The first-order valence-corrected chi connectivity index (χ1v) is 12.4. The number of carbonyl (C=O) groups excluding carboxylic acids is 3. The van der Waals surface area contributed by atoms with E-state index in [9.17, 15) is 19.6 Å². The minimum atomic E-state index is -0.900. The molecule has 5 aliphatic rings. The number of nitrogens with zero attached hydrogens (tertiary/aromatic N) is 1. The van der Waals surface area contributed by atoms with Crippen LogP contribution in [0.25, 0.3) is 0 Å². The van der Waals surface area contributed by atoms with Crippen molar-refractivity contribution in [1.82, 2.24) is 0 Å². The number of fused-ring (bicyclic) bond motifs is 6. The molecule has 1 spiro atoms. The third-order valence-electron chi connectivity index (χ3n) is 11.0. The van der Waals surface area contributed by atoms with Gasteiger partial charge in [-0.15, -0.1) is 0 Å². The number of hydrogen-bond donors (Lipinski definition) is 0. The van der Waals surface area contributed by atoms with Crippen molar-refractivity contribution < 1.29 is 28.6 Å². The lowest BCUT2D eigenvalue weighted by Crippen LogP contribution is -2.67. The molecule has 1 saturated heterocycles. The van der Waals surface area contributed by atoms with Crippen LogP contribution in [-0.4, -0.2) is 43.6 Å². The molecular weight excluding hydrogens is 422 g/mol. The van der Waals surface area contributed by atoms with E-state index in [2.05, 4.69) is 19.9 Å². The number of Topliss-reactive ketones (excluding diaryl/α,β-unsaturated/α-hetero) is 1. The summed E-state index contributed by atoms with van der Waals surface area (Å²) in [5, 5.41) is 10.5. The Morgan fingerprint density at radius 1 is 1.09 bits per heavy atom. The second kappa shape index (κ2) is 7.28. The fraction of sp³-hybridized carbons (Fsp3) is 0.846. The Morgan fingerprint density at radius 2 is 1.85 bits per heavy atom. The van der Waals surface area contributed by atoms with Gasteiger partial charge in [-0.2, -0.15) is 5.26 Å². The van der Waals surface area contributed by atoms with Crippen LogP contribution in [0.5, 0.6) is 0 Å². The highest BCUT2D eigenvalue weighted by Gasteiger charge is 2.74. The van der Waals surface area contributed by atoms with Gasteiger partial charge in [0, 0.05) is 31.8 Å². The highest BCUT2D eigenvalue weighted by atomic mass is 16.6. The van der Waals surface area contributed by atoms with E-state index in [1.807, 2.05) is 0 Å². The molecule has 4 aliphatic carbocycles. The first kappa shape index (κ1) is 22.8. The number of esters is 2. The summed E-state index contributed by atoms with van der Waals surface area (Å²) in [6.07, 6.45) is 4.99. The lowest BCUT2D eigenvalue weighted by Gasteiger charge is -2.66. The maximum atomic E-state index is 13.3. The van der Waals surface area contributed by atoms with E-state index in [1.165, 1.54) is 7.11 Å². The van der Waals surface area contributed by atoms with E-state index in [0.29, 0.717) is 32.1 Å². The van der Waals surface area contributed by atoms with Gasteiger partial charge >= 0.3 is 11.9 Å². The molecule has 0 N–H and O–H groups in total. The summed E-state index contributed by atoms with van der Waals surface area (Å²) < 4.78 is 17.5. The Bertz CT molecular complexity index is 942. The summed E-state index contributed by atoms with van der Waals surface area (Å²) in [7, 11) is 3.11. The molecule has 0 radical (unpaired) electrons. The number of hydrogen-bond acceptors (Lipinski definition) is 7. The molecule has 7 heteroatoms. The molecule has 7 unspecified atom stereocenters. The van der Waals surface area contributed by atoms with Crippen molar-refractivity contribution in [2.45, 2.75) is 83.3 Å². The van der Waals surface area contributed by atoms with Crippen LogP contribution in [0.2, 0.25) is 0 Å². The average Bonchev–Trinajstić information content (AvgIpc) is 3.32. The van der Waals surface area contributed by atoms with E-state index in [1.54, 1.807) is 7.11 Å². The van der Waals surface area contributed by atoms with Crippen molar-refractivity contribution in [3.05, 3.63) is 0 Å². The largest absolute Gasteiger partial charge is 0.469 e. The predicted octanol–water partition coefficient (Wildman–Crippen LogP) is 3.59. The van der Waals surface area contributed by atoms with E-state index in [4.69, 9.17) is 14.2 Å². The van der Waals surface area contributed by atoms with Crippen LogP contribution in [0, 0.1) is 51.2 Å². The number of carbonyl (C=O) groups is 3. The molecule has 7 nitrogen and oxygen atoms in total. The fourth-order valence-electron chi connectivity index (χ4n) is 9.30. The van der Waals surface area contributed by atoms with Gasteiger partial charge in [-0.05, 0) is 61.7 Å². The maximum absolute atomic E-state index is 13.3. The molecule has 1 aliphatic heterocycles. The van der Waals surface area contributed by atoms with Gasteiger partial charge in [-0.1, -0.05) is 13.8 Å². The third kappa shape index (κ3) is 2.73. The van der Waals surface area contributed by atoms with E-state index < -0.39 is 22.3 Å². The van der Waals surface area contributed by atoms with E-state index in [-0.39, 0.29) is 53.4 Å². The first-order valence-electron chi connectivity index (χ1n) is 12.4. The number of methoxy groups -OCH3 is 2. The van der Waals surface area contributed by atoms with Gasteiger partial charge in [-0.25, -0.2) is 0 Å². The smallest absolute Gasteiger partial charge is 0.309 e. The topological polar surface area (TPSA) is 103 Å². The van der Waals surface area contributed by atoms with Gasteiger partial charge in [-0.3, -0.25) is 14.4 Å². The van der Waals surface area contributed by atoms with Gasteiger partial charge in [0.2, 0.25) is 0 Å². The van der Waals surface area contributed by atoms with E-state index >= 15 is 0 Å². The zero-order chi connectivity index (χ0) is 23.8. The Labute approximate surface area is 195 Å². The van der Waals surface area contributed by atoms with Crippen LogP contribution in [0.1, 0.15) is 71.6 Å². The van der Waals surface area contributed by atoms with Crippen LogP contribution in [0.4, 0.5) is 0 Å². The van der Waals surface area contributed by atoms with Crippen LogP contribution < -0.4 is 0 Å². The van der Waals surface area contributed by atoms with Crippen molar-refractivity contribution in [2.24, 2.45) is 39.9 Å². The number of ketones is 1. The summed E-state index contributed by atoms with van der Waals surface area (Å²) >= 11 is 0. The summed E-state index contributed by atoms with van der Waals surface area (Å²) in [5.74, 6) is -0.741. The molecule has 4 saturated carbocycles. The molecule has 5 fully saturated rings.